The van der Waals surface area contributed by atoms with Gasteiger partial charge in [-0.3, -0.25) is 4.79 Å². The van der Waals surface area contributed by atoms with Gasteiger partial charge in [0.25, 0.3) is 0 Å². The summed E-state index contributed by atoms with van der Waals surface area (Å²) in [5.74, 6) is 0.0157. The summed E-state index contributed by atoms with van der Waals surface area (Å²) in [7, 11) is 0. The van der Waals surface area contributed by atoms with E-state index in [0.717, 1.165) is 18.7 Å². The minimum atomic E-state index is -0.170. The molecule has 1 N–H and O–H groups in total. The van der Waals surface area contributed by atoms with E-state index in [-0.39, 0.29) is 17.6 Å². The second-order valence-electron chi connectivity index (χ2n) is 4.37. The normalized spacial score (nSPS) is 18.9. The fraction of sp³-hybridized carbons (Fsp3) is 0.400. The lowest BCUT2D eigenvalue weighted by molar-refractivity contribution is 0.0277. The molecule has 4 heteroatoms. The minimum Gasteiger partial charge on any atom is -0.490 e. The number of rotatable bonds is 5. The Hall–Kier alpha value is -1.65. The molecule has 0 radical (unpaired) electrons. The first-order valence-corrected chi connectivity index (χ1v) is 6.51. The van der Waals surface area contributed by atoms with Crippen molar-refractivity contribution in [3.8, 4) is 0 Å². The average Bonchev–Trinajstić information content (AvgIpc) is 2.48. The lowest BCUT2D eigenvalue weighted by atomic mass is 10.0. The Morgan fingerprint density at radius 3 is 2.79 bits per heavy atom. The van der Waals surface area contributed by atoms with Gasteiger partial charge in [0.15, 0.2) is 5.76 Å². The van der Waals surface area contributed by atoms with E-state index in [4.69, 9.17) is 9.47 Å². The molecule has 0 bridgehead atoms. The van der Waals surface area contributed by atoms with Crippen LogP contribution in [0, 0.1) is 0 Å². The SMILES string of the molecule is C=C(OCC)C(=O)c1ccc(C2CNCCO2)cc1. The van der Waals surface area contributed by atoms with Crippen LogP contribution < -0.4 is 5.32 Å². The van der Waals surface area contributed by atoms with E-state index in [9.17, 15) is 4.79 Å². The minimum absolute atomic E-state index is 0.0630. The van der Waals surface area contributed by atoms with Crippen molar-refractivity contribution < 1.29 is 14.3 Å². The fourth-order valence-electron chi connectivity index (χ4n) is 2.03. The number of hydrogen-bond acceptors (Lipinski definition) is 4. The molecule has 1 aromatic rings. The molecule has 0 spiro atoms. The van der Waals surface area contributed by atoms with Gasteiger partial charge in [0.05, 0.1) is 19.3 Å². The Kier molecular flexibility index (Phi) is 4.71. The summed E-state index contributed by atoms with van der Waals surface area (Å²) < 4.78 is 10.8. The van der Waals surface area contributed by atoms with Gasteiger partial charge in [-0.25, -0.2) is 0 Å². The molecule has 0 aromatic heterocycles. The summed E-state index contributed by atoms with van der Waals surface area (Å²) in [5, 5.41) is 3.28. The quantitative estimate of drug-likeness (QED) is 0.501. The first-order chi connectivity index (χ1) is 9.22. The molecule has 0 amide bonds. The molecule has 102 valence electrons. The Labute approximate surface area is 113 Å². The predicted octanol–water partition coefficient (Wildman–Crippen LogP) is 2.08. The second kappa shape index (κ2) is 6.50. The van der Waals surface area contributed by atoms with Crippen LogP contribution in [0.3, 0.4) is 0 Å². The van der Waals surface area contributed by atoms with Gasteiger partial charge in [-0.05, 0) is 12.5 Å². The van der Waals surface area contributed by atoms with Crippen molar-refractivity contribution in [1.29, 1.82) is 0 Å². The van der Waals surface area contributed by atoms with Crippen LogP contribution in [0.25, 0.3) is 0 Å². The van der Waals surface area contributed by atoms with Gasteiger partial charge in [0.1, 0.15) is 0 Å². The van der Waals surface area contributed by atoms with Crippen molar-refractivity contribution >= 4 is 5.78 Å². The zero-order valence-corrected chi connectivity index (χ0v) is 11.1. The van der Waals surface area contributed by atoms with E-state index in [1.807, 2.05) is 19.1 Å². The Morgan fingerprint density at radius 2 is 2.21 bits per heavy atom. The molecular weight excluding hydrogens is 242 g/mol. The maximum absolute atomic E-state index is 12.0. The first kappa shape index (κ1) is 13.8. The number of ether oxygens (including phenoxy) is 2. The van der Waals surface area contributed by atoms with Gasteiger partial charge < -0.3 is 14.8 Å². The van der Waals surface area contributed by atoms with Gasteiger partial charge >= 0.3 is 0 Å². The van der Waals surface area contributed by atoms with Gasteiger partial charge in [0.2, 0.25) is 5.78 Å². The van der Waals surface area contributed by atoms with E-state index in [1.54, 1.807) is 12.1 Å². The summed E-state index contributed by atoms with van der Waals surface area (Å²) in [6, 6.07) is 7.42. The van der Waals surface area contributed by atoms with Crippen LogP contribution in [0.4, 0.5) is 0 Å². The Bertz CT molecular complexity index is 447. The van der Waals surface area contributed by atoms with Crippen molar-refractivity contribution in [3.05, 3.63) is 47.7 Å². The number of allylic oxidation sites excluding steroid dienone is 1. The second-order valence-corrected chi connectivity index (χ2v) is 4.37. The van der Waals surface area contributed by atoms with E-state index in [1.165, 1.54) is 0 Å². The molecule has 1 saturated heterocycles. The molecule has 0 saturated carbocycles. The standard InChI is InChI=1S/C15H19NO3/c1-3-18-11(2)15(17)13-6-4-12(5-7-13)14-10-16-8-9-19-14/h4-7,14,16H,2-3,8-10H2,1H3. The van der Waals surface area contributed by atoms with Crippen LogP contribution in [0.5, 0.6) is 0 Å². The molecule has 1 heterocycles. The number of ketones is 1. The number of carbonyl (C=O) groups excluding carboxylic acids is 1. The third-order valence-corrected chi connectivity index (χ3v) is 3.04. The number of nitrogens with one attached hydrogen (secondary N) is 1. The number of benzene rings is 1. The maximum Gasteiger partial charge on any atom is 0.226 e. The van der Waals surface area contributed by atoms with E-state index in [0.29, 0.717) is 18.8 Å². The lowest BCUT2D eigenvalue weighted by Crippen LogP contribution is -2.33. The molecule has 1 aromatic carbocycles. The van der Waals surface area contributed by atoms with E-state index < -0.39 is 0 Å². The number of Topliss-reactive ketones (excluding diaryl/α,β-unsaturated/α-hetero) is 1. The highest BCUT2D eigenvalue weighted by molar-refractivity contribution is 6.06. The van der Waals surface area contributed by atoms with Crippen LogP contribution in [-0.2, 0) is 9.47 Å². The zero-order valence-electron chi connectivity index (χ0n) is 11.1. The van der Waals surface area contributed by atoms with E-state index >= 15 is 0 Å². The molecule has 1 aliphatic heterocycles. The fourth-order valence-corrected chi connectivity index (χ4v) is 2.03. The van der Waals surface area contributed by atoms with Crippen molar-refractivity contribution in [2.45, 2.75) is 13.0 Å². The van der Waals surface area contributed by atoms with Crippen molar-refractivity contribution in [2.75, 3.05) is 26.3 Å². The number of hydrogen-bond donors (Lipinski definition) is 1. The van der Waals surface area contributed by atoms with Crippen molar-refractivity contribution in [2.24, 2.45) is 0 Å². The molecule has 1 aliphatic rings. The number of morpholine rings is 1. The van der Waals surface area contributed by atoms with Crippen LogP contribution in [0.15, 0.2) is 36.6 Å². The van der Waals surface area contributed by atoms with Crippen LogP contribution >= 0.6 is 0 Å². The predicted molar refractivity (Wildman–Crippen MR) is 73.1 cm³/mol. The molecule has 1 unspecified atom stereocenters. The Morgan fingerprint density at radius 1 is 1.47 bits per heavy atom. The largest absolute Gasteiger partial charge is 0.490 e. The van der Waals surface area contributed by atoms with Gasteiger partial charge in [-0.15, -0.1) is 0 Å². The lowest BCUT2D eigenvalue weighted by Gasteiger charge is -2.24. The molecule has 19 heavy (non-hydrogen) atoms. The topological polar surface area (TPSA) is 47.6 Å². The molecule has 2 rings (SSSR count). The molecule has 1 fully saturated rings. The van der Waals surface area contributed by atoms with Gasteiger partial charge in [0, 0.05) is 18.7 Å². The Balaban J connectivity index is 2.05. The average molecular weight is 261 g/mol. The summed E-state index contributed by atoms with van der Waals surface area (Å²) in [6.07, 6.45) is 0.0630. The summed E-state index contributed by atoms with van der Waals surface area (Å²) >= 11 is 0. The first-order valence-electron chi connectivity index (χ1n) is 6.51. The highest BCUT2D eigenvalue weighted by atomic mass is 16.5. The van der Waals surface area contributed by atoms with Gasteiger partial charge in [-0.1, -0.05) is 30.8 Å². The van der Waals surface area contributed by atoms with Crippen molar-refractivity contribution in [3.63, 3.8) is 0 Å². The third kappa shape index (κ3) is 3.43. The highest BCUT2D eigenvalue weighted by Gasteiger charge is 2.17. The molecular formula is C15H19NO3. The van der Waals surface area contributed by atoms with Crippen LogP contribution in [0.1, 0.15) is 28.9 Å². The summed E-state index contributed by atoms with van der Waals surface area (Å²) in [6.45, 7) is 8.31. The van der Waals surface area contributed by atoms with Gasteiger partial charge in [-0.2, -0.15) is 0 Å². The molecule has 1 atom stereocenters. The summed E-state index contributed by atoms with van der Waals surface area (Å²) in [5.41, 5.74) is 1.66. The molecule has 0 aliphatic carbocycles. The molecule has 4 nitrogen and oxygen atoms in total. The number of carbonyl (C=O) groups is 1. The third-order valence-electron chi connectivity index (χ3n) is 3.04. The van der Waals surface area contributed by atoms with Crippen LogP contribution in [0.2, 0.25) is 0 Å². The monoisotopic (exact) mass is 261 g/mol. The summed E-state index contributed by atoms with van der Waals surface area (Å²) in [4.78, 5) is 12.0. The van der Waals surface area contributed by atoms with Crippen LogP contribution in [-0.4, -0.2) is 32.1 Å². The maximum atomic E-state index is 12.0. The van der Waals surface area contributed by atoms with Crippen molar-refractivity contribution in [1.82, 2.24) is 5.32 Å². The zero-order chi connectivity index (χ0) is 13.7. The smallest absolute Gasteiger partial charge is 0.226 e. The van der Waals surface area contributed by atoms with E-state index in [2.05, 4.69) is 11.9 Å². The highest BCUT2D eigenvalue weighted by Crippen LogP contribution is 2.20.